The van der Waals surface area contributed by atoms with Gasteiger partial charge in [-0.25, -0.2) is 9.97 Å². The number of nitrogens with two attached hydrogens (primary N) is 1. The molecule has 100 valence electrons. The van der Waals surface area contributed by atoms with Gasteiger partial charge >= 0.3 is 0 Å². The highest BCUT2D eigenvalue weighted by atomic mass is 35.5. The highest BCUT2D eigenvalue weighted by molar-refractivity contribution is 6.32. The zero-order valence-corrected chi connectivity index (χ0v) is 10.7. The number of aromatic nitrogens is 4. The number of nitrogens with zero attached hydrogens (tertiary/aromatic N) is 4. The van der Waals surface area contributed by atoms with E-state index in [1.54, 1.807) is 12.1 Å². The van der Waals surface area contributed by atoms with Crippen molar-refractivity contribution in [3.63, 3.8) is 0 Å². The van der Waals surface area contributed by atoms with E-state index in [1.165, 1.54) is 18.7 Å². The lowest BCUT2D eigenvalue weighted by molar-refractivity contribution is 0.475. The Hall–Kier alpha value is -2.67. The lowest BCUT2D eigenvalue weighted by atomic mass is 10.1. The van der Waals surface area contributed by atoms with E-state index in [2.05, 4.69) is 20.2 Å². The Bertz CT molecular complexity index is 761. The number of halogens is 1. The van der Waals surface area contributed by atoms with Gasteiger partial charge in [0, 0.05) is 5.56 Å². The first-order valence-corrected chi connectivity index (χ1v) is 5.91. The summed E-state index contributed by atoms with van der Waals surface area (Å²) in [5, 5.41) is 17.1. The zero-order valence-electron chi connectivity index (χ0n) is 9.99. The second-order valence-electron chi connectivity index (χ2n) is 3.90. The van der Waals surface area contributed by atoms with Crippen LogP contribution in [0.2, 0.25) is 5.02 Å². The maximum Gasteiger partial charge on any atom is 0.268 e. The van der Waals surface area contributed by atoms with Crippen molar-refractivity contribution in [2.75, 3.05) is 5.73 Å². The molecule has 2 heterocycles. The molecule has 0 aliphatic rings. The van der Waals surface area contributed by atoms with E-state index in [0.29, 0.717) is 17.0 Å². The number of anilines is 1. The molecular weight excluding hydrogens is 282 g/mol. The van der Waals surface area contributed by atoms with Crippen molar-refractivity contribution in [2.45, 2.75) is 0 Å². The van der Waals surface area contributed by atoms with Crippen molar-refractivity contribution < 1.29 is 9.52 Å². The molecule has 0 aliphatic carbocycles. The van der Waals surface area contributed by atoms with E-state index >= 15 is 0 Å². The molecule has 0 fully saturated rings. The average molecular weight is 290 g/mol. The van der Waals surface area contributed by atoms with Crippen molar-refractivity contribution in [3.05, 3.63) is 35.8 Å². The smallest absolute Gasteiger partial charge is 0.268 e. The molecule has 3 aromatic rings. The first-order chi connectivity index (χ1) is 9.65. The van der Waals surface area contributed by atoms with Crippen molar-refractivity contribution in [2.24, 2.45) is 0 Å². The average Bonchev–Trinajstić information content (AvgIpc) is 2.96. The van der Waals surface area contributed by atoms with E-state index in [0.717, 1.165) is 0 Å². The number of hydrogen-bond donors (Lipinski definition) is 2. The SMILES string of the molecule is Nc1cnc(-c2ccc(O)c(Cl)c2)c(-c2nnco2)n1. The third-order valence-electron chi connectivity index (χ3n) is 2.57. The molecule has 20 heavy (non-hydrogen) atoms. The molecule has 0 saturated heterocycles. The molecule has 7 nitrogen and oxygen atoms in total. The van der Waals surface area contributed by atoms with E-state index in [4.69, 9.17) is 21.8 Å². The van der Waals surface area contributed by atoms with Crippen LogP contribution in [-0.4, -0.2) is 25.3 Å². The Morgan fingerprint density at radius 1 is 1.25 bits per heavy atom. The minimum absolute atomic E-state index is 0.0156. The second kappa shape index (κ2) is 4.78. The highest BCUT2D eigenvalue weighted by Gasteiger charge is 2.16. The molecule has 0 saturated carbocycles. The van der Waals surface area contributed by atoms with E-state index < -0.39 is 0 Å². The van der Waals surface area contributed by atoms with Gasteiger partial charge in [0.15, 0.2) is 5.69 Å². The fourth-order valence-electron chi connectivity index (χ4n) is 1.69. The number of benzene rings is 1. The molecule has 2 aromatic heterocycles. The van der Waals surface area contributed by atoms with Crippen LogP contribution in [0.3, 0.4) is 0 Å². The van der Waals surface area contributed by atoms with Gasteiger partial charge in [-0.05, 0) is 18.2 Å². The summed E-state index contributed by atoms with van der Waals surface area (Å²) in [5.41, 5.74) is 7.11. The molecule has 0 amide bonds. The van der Waals surface area contributed by atoms with Crippen LogP contribution in [0, 0.1) is 0 Å². The normalized spacial score (nSPS) is 10.7. The predicted octanol–water partition coefficient (Wildman–Crippen LogP) is 2.13. The van der Waals surface area contributed by atoms with Gasteiger partial charge < -0.3 is 15.3 Å². The van der Waals surface area contributed by atoms with Gasteiger partial charge in [0.05, 0.1) is 11.2 Å². The van der Waals surface area contributed by atoms with Crippen LogP contribution in [0.15, 0.2) is 35.2 Å². The minimum Gasteiger partial charge on any atom is -0.506 e. The van der Waals surface area contributed by atoms with Crippen molar-refractivity contribution in [1.82, 2.24) is 20.2 Å². The first-order valence-electron chi connectivity index (χ1n) is 5.53. The van der Waals surface area contributed by atoms with Crippen LogP contribution < -0.4 is 5.73 Å². The summed E-state index contributed by atoms with van der Waals surface area (Å²) < 4.78 is 5.13. The van der Waals surface area contributed by atoms with Gasteiger partial charge in [-0.2, -0.15) is 0 Å². The maximum absolute atomic E-state index is 9.46. The van der Waals surface area contributed by atoms with Gasteiger partial charge in [-0.15, -0.1) is 10.2 Å². The minimum atomic E-state index is -0.0156. The third-order valence-corrected chi connectivity index (χ3v) is 2.88. The van der Waals surface area contributed by atoms with E-state index in [9.17, 15) is 5.11 Å². The summed E-state index contributed by atoms with van der Waals surface area (Å²) >= 11 is 5.90. The first kappa shape index (κ1) is 12.4. The van der Waals surface area contributed by atoms with Crippen LogP contribution in [0.25, 0.3) is 22.8 Å². The lowest BCUT2D eigenvalue weighted by Gasteiger charge is -2.06. The fourth-order valence-corrected chi connectivity index (χ4v) is 1.87. The molecule has 0 radical (unpaired) electrons. The molecule has 3 rings (SSSR count). The Morgan fingerprint density at radius 2 is 2.10 bits per heavy atom. The van der Waals surface area contributed by atoms with Gasteiger partial charge in [-0.3, -0.25) is 0 Å². The quantitative estimate of drug-likeness (QED) is 0.743. The van der Waals surface area contributed by atoms with E-state index in [1.807, 2.05) is 0 Å². The van der Waals surface area contributed by atoms with Crippen LogP contribution in [-0.2, 0) is 0 Å². The van der Waals surface area contributed by atoms with Crippen molar-refractivity contribution in [1.29, 1.82) is 0 Å². The van der Waals surface area contributed by atoms with Gasteiger partial charge in [0.1, 0.15) is 17.3 Å². The number of phenolic OH excluding ortho intramolecular Hbond substituents is 1. The number of phenols is 1. The number of hydrogen-bond acceptors (Lipinski definition) is 7. The third kappa shape index (κ3) is 2.14. The fraction of sp³-hybridized carbons (Fsp3) is 0. The molecule has 0 bridgehead atoms. The second-order valence-corrected chi connectivity index (χ2v) is 4.31. The number of nitrogen functional groups attached to an aromatic ring is 1. The summed E-state index contributed by atoms with van der Waals surface area (Å²) in [5.74, 6) is 0.411. The number of aromatic hydroxyl groups is 1. The summed E-state index contributed by atoms with van der Waals surface area (Å²) in [7, 11) is 0. The molecule has 0 aliphatic heterocycles. The van der Waals surface area contributed by atoms with Crippen molar-refractivity contribution >= 4 is 17.4 Å². The van der Waals surface area contributed by atoms with Crippen LogP contribution in [0.4, 0.5) is 5.82 Å². The molecule has 0 atom stereocenters. The molecule has 0 unspecified atom stereocenters. The Balaban J connectivity index is 2.20. The summed E-state index contributed by atoms with van der Waals surface area (Å²) in [6.45, 7) is 0. The topological polar surface area (TPSA) is 111 Å². The standard InChI is InChI=1S/C12H8ClN5O2/c13-7-3-6(1-2-8(7)19)10-11(12-18-16-5-20-12)17-9(14)4-15-10/h1-5,19H,(H2,14,17). The van der Waals surface area contributed by atoms with Crippen LogP contribution >= 0.6 is 11.6 Å². The van der Waals surface area contributed by atoms with Crippen molar-refractivity contribution in [3.8, 4) is 28.6 Å². The lowest BCUT2D eigenvalue weighted by Crippen LogP contribution is -1.98. The maximum atomic E-state index is 9.46. The Labute approximate surface area is 118 Å². The van der Waals surface area contributed by atoms with Crippen LogP contribution in [0.1, 0.15) is 0 Å². The predicted molar refractivity (Wildman–Crippen MR) is 71.8 cm³/mol. The Morgan fingerprint density at radius 3 is 2.80 bits per heavy atom. The molecule has 0 spiro atoms. The molecular formula is C12H8ClN5O2. The van der Waals surface area contributed by atoms with Gasteiger partial charge in [-0.1, -0.05) is 11.6 Å². The molecule has 1 aromatic carbocycles. The summed E-state index contributed by atoms with van der Waals surface area (Å²) in [6, 6.07) is 4.69. The van der Waals surface area contributed by atoms with Crippen LogP contribution in [0.5, 0.6) is 5.75 Å². The zero-order chi connectivity index (χ0) is 14.1. The van der Waals surface area contributed by atoms with E-state index in [-0.39, 0.29) is 22.5 Å². The highest BCUT2D eigenvalue weighted by Crippen LogP contribution is 2.32. The van der Waals surface area contributed by atoms with Gasteiger partial charge in [0.2, 0.25) is 6.39 Å². The van der Waals surface area contributed by atoms with Gasteiger partial charge in [0.25, 0.3) is 5.89 Å². The monoisotopic (exact) mass is 289 g/mol. The largest absolute Gasteiger partial charge is 0.506 e. The summed E-state index contributed by atoms with van der Waals surface area (Å²) in [6.07, 6.45) is 2.60. The number of rotatable bonds is 2. The molecule has 8 heteroatoms. The Kier molecular flexibility index (Phi) is 2.96. The summed E-state index contributed by atoms with van der Waals surface area (Å²) in [4.78, 5) is 8.38. The molecule has 3 N–H and O–H groups in total.